The fourth-order valence-corrected chi connectivity index (χ4v) is 4.37. The zero-order chi connectivity index (χ0) is 27.9. The van der Waals surface area contributed by atoms with Crippen LogP contribution in [0.4, 0.5) is 33.3 Å². The standard InChI is InChI=1S/C23H25F5N4O5S/c1-2-31(13-23(26,27)28)16(11-29-21(35)18-4-3-9-38-18)20(34)30-15-6-5-14(10-17(15)37-22(24)25)32-7-8-36-12-19(32)33/h3-6,9-10,16,22H,2,7-8,11-13H2,1H3,(H,29,35)(H,30,34)/t16-/m1/s1. The molecule has 1 aliphatic heterocycles. The van der Waals surface area contributed by atoms with E-state index in [4.69, 9.17) is 4.74 Å². The highest BCUT2D eigenvalue weighted by molar-refractivity contribution is 7.12. The van der Waals surface area contributed by atoms with Gasteiger partial charge in [0.2, 0.25) is 5.91 Å². The van der Waals surface area contributed by atoms with Gasteiger partial charge in [-0.25, -0.2) is 0 Å². The van der Waals surface area contributed by atoms with Crippen LogP contribution >= 0.6 is 11.3 Å². The zero-order valence-corrected chi connectivity index (χ0v) is 20.9. The summed E-state index contributed by atoms with van der Waals surface area (Å²) in [6, 6.07) is 5.31. The van der Waals surface area contributed by atoms with E-state index in [-0.39, 0.29) is 37.7 Å². The Hall–Kier alpha value is -3.30. The normalized spacial score (nSPS) is 15.1. The van der Waals surface area contributed by atoms with Crippen LogP contribution in [-0.4, -0.2) is 80.8 Å². The molecule has 1 aromatic carbocycles. The molecule has 0 aliphatic carbocycles. The SMILES string of the molecule is CCN(CC(F)(F)F)[C@H](CNC(=O)c1cccs1)C(=O)Nc1ccc(N2CCOCC2=O)cc1OC(F)F. The number of carbonyl (C=O) groups excluding carboxylic acids is 3. The van der Waals surface area contributed by atoms with Crippen molar-refractivity contribution < 1.29 is 45.8 Å². The van der Waals surface area contributed by atoms with Crippen molar-refractivity contribution in [3.05, 3.63) is 40.6 Å². The summed E-state index contributed by atoms with van der Waals surface area (Å²) in [5, 5.41) is 6.42. The van der Waals surface area contributed by atoms with E-state index in [0.29, 0.717) is 4.88 Å². The number of carbonyl (C=O) groups is 3. The Bertz CT molecular complexity index is 1120. The molecule has 2 heterocycles. The van der Waals surface area contributed by atoms with E-state index in [1.54, 1.807) is 11.4 Å². The monoisotopic (exact) mass is 564 g/mol. The van der Waals surface area contributed by atoms with Crippen LogP contribution in [0, 0.1) is 0 Å². The third-order valence-electron chi connectivity index (χ3n) is 5.47. The van der Waals surface area contributed by atoms with Gasteiger partial charge in [-0.3, -0.25) is 19.3 Å². The Labute approximate surface area is 218 Å². The van der Waals surface area contributed by atoms with Crippen LogP contribution in [0.1, 0.15) is 16.6 Å². The van der Waals surface area contributed by atoms with Crippen LogP contribution in [0.2, 0.25) is 0 Å². The van der Waals surface area contributed by atoms with Crippen molar-refractivity contribution in [2.45, 2.75) is 25.8 Å². The first-order valence-electron chi connectivity index (χ1n) is 11.4. The van der Waals surface area contributed by atoms with Crippen molar-refractivity contribution in [2.24, 2.45) is 0 Å². The minimum Gasteiger partial charge on any atom is -0.433 e. The summed E-state index contributed by atoms with van der Waals surface area (Å²) in [5.41, 5.74) is -0.0450. The molecule has 15 heteroatoms. The molecule has 3 amide bonds. The fraction of sp³-hybridized carbons (Fsp3) is 0.435. The smallest absolute Gasteiger partial charge is 0.401 e. The highest BCUT2D eigenvalue weighted by Crippen LogP contribution is 2.32. The quantitative estimate of drug-likeness (QED) is 0.407. The lowest BCUT2D eigenvalue weighted by molar-refractivity contribution is -0.153. The molecule has 1 fully saturated rings. The predicted molar refractivity (Wildman–Crippen MR) is 129 cm³/mol. The Balaban J connectivity index is 1.85. The van der Waals surface area contributed by atoms with Crippen molar-refractivity contribution in [3.63, 3.8) is 0 Å². The molecular formula is C23H25F5N4O5S. The van der Waals surface area contributed by atoms with Crippen molar-refractivity contribution >= 4 is 40.4 Å². The fourth-order valence-electron chi connectivity index (χ4n) is 3.73. The maximum Gasteiger partial charge on any atom is 0.401 e. The van der Waals surface area contributed by atoms with Crippen LogP contribution in [0.25, 0.3) is 0 Å². The number of thiophene rings is 1. The highest BCUT2D eigenvalue weighted by Gasteiger charge is 2.36. The lowest BCUT2D eigenvalue weighted by Crippen LogP contribution is -2.53. The number of nitrogens with zero attached hydrogens (tertiary/aromatic N) is 2. The van der Waals surface area contributed by atoms with Gasteiger partial charge in [-0.2, -0.15) is 22.0 Å². The lowest BCUT2D eigenvalue weighted by atomic mass is 10.1. The first-order valence-corrected chi connectivity index (χ1v) is 12.3. The number of morpholine rings is 1. The number of rotatable bonds is 11. The van der Waals surface area contributed by atoms with E-state index in [9.17, 15) is 36.3 Å². The predicted octanol–water partition coefficient (Wildman–Crippen LogP) is 3.33. The summed E-state index contributed by atoms with van der Waals surface area (Å²) < 4.78 is 75.5. The maximum atomic E-state index is 13.2. The van der Waals surface area contributed by atoms with Gasteiger partial charge in [0, 0.05) is 24.8 Å². The van der Waals surface area contributed by atoms with Crippen molar-refractivity contribution in [2.75, 3.05) is 49.6 Å². The van der Waals surface area contributed by atoms with Crippen LogP contribution in [0.15, 0.2) is 35.7 Å². The average molecular weight is 565 g/mol. The molecule has 0 bridgehead atoms. The molecule has 2 N–H and O–H groups in total. The molecule has 1 aromatic heterocycles. The zero-order valence-electron chi connectivity index (χ0n) is 20.1. The average Bonchev–Trinajstić information content (AvgIpc) is 3.39. The summed E-state index contributed by atoms with van der Waals surface area (Å²) in [6.07, 6.45) is -4.65. The van der Waals surface area contributed by atoms with Crippen molar-refractivity contribution in [3.8, 4) is 5.75 Å². The third kappa shape index (κ3) is 8.10. The third-order valence-corrected chi connectivity index (χ3v) is 6.34. The minimum absolute atomic E-state index is 0.160. The summed E-state index contributed by atoms with van der Waals surface area (Å²) in [7, 11) is 0. The van der Waals surface area contributed by atoms with Gasteiger partial charge >= 0.3 is 12.8 Å². The summed E-state index contributed by atoms with van der Waals surface area (Å²) in [6.45, 7) is -3.84. The van der Waals surface area contributed by atoms with Gasteiger partial charge in [0.1, 0.15) is 12.6 Å². The first kappa shape index (κ1) is 29.3. The molecule has 0 saturated carbocycles. The molecule has 1 aliphatic rings. The largest absolute Gasteiger partial charge is 0.433 e. The van der Waals surface area contributed by atoms with Gasteiger partial charge in [-0.05, 0) is 30.1 Å². The molecule has 1 atom stereocenters. The van der Waals surface area contributed by atoms with Gasteiger partial charge < -0.3 is 25.0 Å². The summed E-state index contributed by atoms with van der Waals surface area (Å²) >= 11 is 1.11. The number of hydrogen-bond donors (Lipinski definition) is 2. The number of ether oxygens (including phenoxy) is 2. The Morgan fingerprint density at radius 1 is 1.26 bits per heavy atom. The van der Waals surface area contributed by atoms with Crippen LogP contribution in [0.3, 0.4) is 0 Å². The minimum atomic E-state index is -4.65. The van der Waals surface area contributed by atoms with Crippen molar-refractivity contribution in [1.29, 1.82) is 0 Å². The molecule has 0 spiro atoms. The van der Waals surface area contributed by atoms with E-state index in [0.717, 1.165) is 22.3 Å². The summed E-state index contributed by atoms with van der Waals surface area (Å²) in [5.74, 6) is -2.48. The maximum absolute atomic E-state index is 13.2. The molecule has 0 unspecified atom stereocenters. The number of anilines is 2. The van der Waals surface area contributed by atoms with Gasteiger partial charge in [-0.1, -0.05) is 13.0 Å². The second kappa shape index (κ2) is 13.0. The Morgan fingerprint density at radius 3 is 2.63 bits per heavy atom. The molecule has 38 heavy (non-hydrogen) atoms. The number of halogens is 5. The van der Waals surface area contributed by atoms with Gasteiger partial charge in [0.25, 0.3) is 11.8 Å². The number of hydrogen-bond acceptors (Lipinski definition) is 7. The van der Waals surface area contributed by atoms with E-state index >= 15 is 0 Å². The molecule has 0 radical (unpaired) electrons. The topological polar surface area (TPSA) is 100 Å². The summed E-state index contributed by atoms with van der Waals surface area (Å²) in [4.78, 5) is 40.1. The van der Waals surface area contributed by atoms with Gasteiger partial charge in [0.05, 0.1) is 23.7 Å². The number of nitrogens with one attached hydrogen (secondary N) is 2. The second-order valence-electron chi connectivity index (χ2n) is 8.03. The van der Waals surface area contributed by atoms with Crippen molar-refractivity contribution in [1.82, 2.24) is 10.2 Å². The Kier molecular flexibility index (Phi) is 9.99. The molecule has 2 aromatic rings. The molecule has 208 valence electrons. The van der Waals surface area contributed by atoms with Gasteiger partial charge in [-0.15, -0.1) is 11.3 Å². The van der Waals surface area contributed by atoms with E-state index in [2.05, 4.69) is 15.4 Å². The van der Waals surface area contributed by atoms with E-state index < -0.39 is 55.4 Å². The van der Waals surface area contributed by atoms with Crippen LogP contribution < -0.4 is 20.3 Å². The highest BCUT2D eigenvalue weighted by atomic mass is 32.1. The number of likely N-dealkylation sites (N-methyl/N-ethyl adjacent to an activating group) is 1. The Morgan fingerprint density at radius 2 is 2.03 bits per heavy atom. The number of benzene rings is 1. The number of amides is 3. The van der Waals surface area contributed by atoms with Crippen LogP contribution in [0.5, 0.6) is 5.75 Å². The second-order valence-corrected chi connectivity index (χ2v) is 8.98. The van der Waals surface area contributed by atoms with E-state index in [1.165, 1.54) is 30.0 Å². The number of alkyl halides is 5. The van der Waals surface area contributed by atoms with Gasteiger partial charge in [0.15, 0.2) is 5.75 Å². The molecule has 3 rings (SSSR count). The lowest BCUT2D eigenvalue weighted by Gasteiger charge is -2.31. The van der Waals surface area contributed by atoms with Crippen LogP contribution in [-0.2, 0) is 14.3 Å². The first-order chi connectivity index (χ1) is 18.0. The van der Waals surface area contributed by atoms with E-state index in [1.807, 2.05) is 0 Å². The molecule has 9 nitrogen and oxygen atoms in total. The molecule has 1 saturated heterocycles. The molecular weight excluding hydrogens is 539 g/mol.